The Bertz CT molecular complexity index is 1570. The number of fused-ring (bicyclic) bond motifs is 2. The molecule has 2 aromatic carbocycles. The fourth-order valence-electron chi connectivity index (χ4n) is 4.96. The third kappa shape index (κ3) is 3.87. The first-order valence-electron chi connectivity index (χ1n) is 12.0. The molecule has 0 bridgehead atoms. The number of para-hydroxylation sites is 3. The van der Waals surface area contributed by atoms with Crippen LogP contribution in [0.4, 0.5) is 0 Å². The minimum atomic E-state index is -0.213. The summed E-state index contributed by atoms with van der Waals surface area (Å²) in [7, 11) is 1.62. The van der Waals surface area contributed by atoms with Crippen molar-refractivity contribution >= 4 is 27.8 Å². The number of aromatic amines is 1. The van der Waals surface area contributed by atoms with Crippen molar-refractivity contribution in [1.82, 2.24) is 34.7 Å². The topological polar surface area (TPSA) is 101 Å². The molecule has 9 heteroatoms. The van der Waals surface area contributed by atoms with Gasteiger partial charge in [0.15, 0.2) is 0 Å². The molecule has 3 aromatic heterocycles. The summed E-state index contributed by atoms with van der Waals surface area (Å²) in [6, 6.07) is 17.7. The SMILES string of the molecule is COc1nc2ccccc2cc1-c1cnc([C@@H]2CNCCN2C(=O)Cn2c(C)nc3ccccc32)[nH]1. The van der Waals surface area contributed by atoms with Crippen molar-refractivity contribution in [3.8, 4) is 17.1 Å². The van der Waals surface area contributed by atoms with Gasteiger partial charge in [0, 0.05) is 25.0 Å². The Morgan fingerprint density at radius 3 is 2.78 bits per heavy atom. The van der Waals surface area contributed by atoms with Crippen LogP contribution in [0.2, 0.25) is 0 Å². The molecule has 5 aromatic rings. The monoisotopic (exact) mass is 481 g/mol. The number of ether oxygens (including phenoxy) is 1. The van der Waals surface area contributed by atoms with Crippen LogP contribution < -0.4 is 10.1 Å². The van der Waals surface area contributed by atoms with Gasteiger partial charge in [0.05, 0.1) is 41.1 Å². The highest BCUT2D eigenvalue weighted by atomic mass is 16.5. The minimum Gasteiger partial charge on any atom is -0.480 e. The molecule has 182 valence electrons. The normalized spacial score (nSPS) is 16.1. The third-order valence-electron chi connectivity index (χ3n) is 6.79. The molecule has 0 saturated carbocycles. The van der Waals surface area contributed by atoms with E-state index in [-0.39, 0.29) is 18.5 Å². The number of rotatable bonds is 5. The second-order valence-electron chi connectivity index (χ2n) is 8.96. The van der Waals surface area contributed by atoms with Gasteiger partial charge in [-0.25, -0.2) is 15.0 Å². The number of aromatic nitrogens is 5. The lowest BCUT2D eigenvalue weighted by Gasteiger charge is -2.35. The molecule has 6 rings (SSSR count). The third-order valence-corrected chi connectivity index (χ3v) is 6.79. The number of hydrogen-bond donors (Lipinski definition) is 2. The second kappa shape index (κ2) is 9.09. The highest BCUT2D eigenvalue weighted by molar-refractivity contribution is 5.85. The predicted octanol–water partition coefficient (Wildman–Crippen LogP) is 3.46. The molecule has 36 heavy (non-hydrogen) atoms. The van der Waals surface area contributed by atoms with Gasteiger partial charge in [-0.3, -0.25) is 4.79 Å². The molecule has 1 atom stereocenters. The van der Waals surface area contributed by atoms with E-state index < -0.39 is 0 Å². The summed E-state index contributed by atoms with van der Waals surface area (Å²) in [4.78, 5) is 32.8. The summed E-state index contributed by atoms with van der Waals surface area (Å²) in [6.07, 6.45) is 1.79. The Kier molecular flexibility index (Phi) is 5.61. The van der Waals surface area contributed by atoms with Crippen molar-refractivity contribution in [3.05, 3.63) is 72.4 Å². The van der Waals surface area contributed by atoms with Crippen molar-refractivity contribution < 1.29 is 9.53 Å². The molecule has 4 heterocycles. The second-order valence-corrected chi connectivity index (χ2v) is 8.96. The molecule has 1 aliphatic heterocycles. The number of aryl methyl sites for hydroxylation is 1. The van der Waals surface area contributed by atoms with Gasteiger partial charge in [0.25, 0.3) is 0 Å². The Labute approximate surface area is 208 Å². The van der Waals surface area contributed by atoms with Gasteiger partial charge in [0.1, 0.15) is 24.2 Å². The number of benzene rings is 2. The maximum Gasteiger partial charge on any atom is 0.243 e. The van der Waals surface area contributed by atoms with E-state index in [4.69, 9.17) is 4.74 Å². The van der Waals surface area contributed by atoms with Gasteiger partial charge >= 0.3 is 0 Å². The average molecular weight is 482 g/mol. The minimum absolute atomic E-state index is 0.0376. The summed E-state index contributed by atoms with van der Waals surface area (Å²) < 4.78 is 7.56. The van der Waals surface area contributed by atoms with Crippen LogP contribution >= 0.6 is 0 Å². The molecule has 0 unspecified atom stereocenters. The van der Waals surface area contributed by atoms with Crippen molar-refractivity contribution in [2.75, 3.05) is 26.7 Å². The van der Waals surface area contributed by atoms with Crippen molar-refractivity contribution in [2.45, 2.75) is 19.5 Å². The van der Waals surface area contributed by atoms with Crippen LogP contribution in [0.5, 0.6) is 5.88 Å². The standard InChI is InChI=1S/C27H27N7O2/c1-17-30-21-9-5-6-10-23(21)34(17)16-25(35)33-12-11-28-15-24(33)26-29-14-22(31-26)19-13-18-7-3-4-8-20(18)32-27(19)36-2/h3-10,13-14,24,28H,11-12,15-16H2,1-2H3,(H,29,31)/t24-/m0/s1. The number of carbonyl (C=O) groups is 1. The van der Waals surface area contributed by atoms with Crippen LogP contribution in [0.1, 0.15) is 17.7 Å². The lowest BCUT2D eigenvalue weighted by molar-refractivity contribution is -0.135. The van der Waals surface area contributed by atoms with Crippen LogP contribution in [0, 0.1) is 6.92 Å². The fourth-order valence-corrected chi connectivity index (χ4v) is 4.96. The highest BCUT2D eigenvalue weighted by Gasteiger charge is 2.31. The van der Waals surface area contributed by atoms with Crippen LogP contribution in [0.3, 0.4) is 0 Å². The van der Waals surface area contributed by atoms with Crippen LogP contribution in [0.15, 0.2) is 60.8 Å². The molecule has 2 N–H and O–H groups in total. The predicted molar refractivity (Wildman–Crippen MR) is 138 cm³/mol. The lowest BCUT2D eigenvalue weighted by atomic mass is 10.1. The maximum absolute atomic E-state index is 13.5. The highest BCUT2D eigenvalue weighted by Crippen LogP contribution is 2.32. The first-order chi connectivity index (χ1) is 17.6. The zero-order valence-electron chi connectivity index (χ0n) is 20.2. The smallest absolute Gasteiger partial charge is 0.243 e. The summed E-state index contributed by atoms with van der Waals surface area (Å²) in [5.74, 6) is 2.12. The number of pyridine rings is 1. The van der Waals surface area contributed by atoms with E-state index in [9.17, 15) is 4.79 Å². The summed E-state index contributed by atoms with van der Waals surface area (Å²) in [5, 5.41) is 4.42. The molecule has 1 fully saturated rings. The molecule has 0 spiro atoms. The summed E-state index contributed by atoms with van der Waals surface area (Å²) in [6.45, 7) is 4.13. The first kappa shape index (κ1) is 22.2. The number of methoxy groups -OCH3 is 1. The maximum atomic E-state index is 13.5. The van der Waals surface area contributed by atoms with Crippen molar-refractivity contribution in [2.24, 2.45) is 0 Å². The van der Waals surface area contributed by atoms with E-state index in [1.165, 1.54) is 0 Å². The number of nitrogens with zero attached hydrogens (tertiary/aromatic N) is 5. The van der Waals surface area contributed by atoms with Crippen LogP contribution in [-0.4, -0.2) is 62.1 Å². The lowest BCUT2D eigenvalue weighted by Crippen LogP contribution is -2.50. The van der Waals surface area contributed by atoms with Crippen molar-refractivity contribution in [3.63, 3.8) is 0 Å². The molecular formula is C27H27N7O2. The number of amides is 1. The number of H-pyrrole nitrogens is 1. The molecule has 1 aliphatic rings. The van der Waals surface area contributed by atoms with E-state index in [0.29, 0.717) is 19.0 Å². The Hall–Kier alpha value is -4.24. The molecule has 1 amide bonds. The van der Waals surface area contributed by atoms with Gasteiger partial charge in [-0.2, -0.15) is 0 Å². The van der Waals surface area contributed by atoms with E-state index >= 15 is 0 Å². The Morgan fingerprint density at radius 2 is 1.92 bits per heavy atom. The summed E-state index contributed by atoms with van der Waals surface area (Å²) in [5.41, 5.74) is 4.36. The zero-order valence-corrected chi connectivity index (χ0v) is 20.2. The average Bonchev–Trinajstić information content (AvgIpc) is 3.52. The number of carbonyl (C=O) groups excluding carboxylic acids is 1. The van der Waals surface area contributed by atoms with Gasteiger partial charge in [-0.1, -0.05) is 30.3 Å². The fraction of sp³-hybridized carbons (Fsp3) is 0.259. The van der Waals surface area contributed by atoms with Gasteiger partial charge < -0.3 is 24.5 Å². The molecule has 1 saturated heterocycles. The molecule has 9 nitrogen and oxygen atoms in total. The molecular weight excluding hydrogens is 454 g/mol. The number of imidazole rings is 2. The van der Waals surface area contributed by atoms with Gasteiger partial charge in [0.2, 0.25) is 11.8 Å². The molecule has 0 aliphatic carbocycles. The Balaban J connectivity index is 1.30. The van der Waals surface area contributed by atoms with E-state index in [1.54, 1.807) is 13.3 Å². The van der Waals surface area contributed by atoms with E-state index in [2.05, 4.69) is 25.3 Å². The number of nitrogens with one attached hydrogen (secondary N) is 2. The van der Waals surface area contributed by atoms with Crippen LogP contribution in [0.25, 0.3) is 33.2 Å². The Morgan fingerprint density at radius 1 is 1.11 bits per heavy atom. The largest absolute Gasteiger partial charge is 0.480 e. The van der Waals surface area contributed by atoms with Crippen molar-refractivity contribution in [1.29, 1.82) is 0 Å². The first-order valence-corrected chi connectivity index (χ1v) is 12.0. The quantitative estimate of drug-likeness (QED) is 0.399. The van der Waals surface area contributed by atoms with E-state index in [1.807, 2.05) is 71.0 Å². The number of hydrogen-bond acceptors (Lipinski definition) is 6. The van der Waals surface area contributed by atoms with E-state index in [0.717, 1.165) is 51.4 Å². The number of piperazine rings is 1. The van der Waals surface area contributed by atoms with Crippen LogP contribution in [-0.2, 0) is 11.3 Å². The zero-order chi connectivity index (χ0) is 24.6. The summed E-state index contributed by atoms with van der Waals surface area (Å²) >= 11 is 0. The molecule has 0 radical (unpaired) electrons. The van der Waals surface area contributed by atoms with Gasteiger partial charge in [-0.15, -0.1) is 0 Å². The van der Waals surface area contributed by atoms with Gasteiger partial charge in [-0.05, 0) is 31.2 Å².